The number of nitrogens with zero attached hydrogens (tertiary/aromatic N) is 2. The van der Waals surface area contributed by atoms with E-state index in [-0.39, 0.29) is 11.9 Å². The summed E-state index contributed by atoms with van der Waals surface area (Å²) in [5, 5.41) is 0. The first-order valence-corrected chi connectivity index (χ1v) is 9.13. The average Bonchev–Trinajstić information content (AvgIpc) is 2.97. The summed E-state index contributed by atoms with van der Waals surface area (Å²) in [5.41, 5.74) is 1.65. The summed E-state index contributed by atoms with van der Waals surface area (Å²) >= 11 is 0. The van der Waals surface area contributed by atoms with Crippen molar-refractivity contribution < 1.29 is 14.3 Å². The zero-order valence-corrected chi connectivity index (χ0v) is 15.6. The number of ether oxygens (including phenoxy) is 1. The minimum absolute atomic E-state index is 0.0466. The highest BCUT2D eigenvalue weighted by atomic mass is 16.6. The first-order chi connectivity index (χ1) is 11.8. The quantitative estimate of drug-likeness (QED) is 0.785. The van der Waals surface area contributed by atoms with Gasteiger partial charge in [-0.1, -0.05) is 24.3 Å². The van der Waals surface area contributed by atoms with Crippen LogP contribution in [0.4, 0.5) is 4.79 Å². The summed E-state index contributed by atoms with van der Waals surface area (Å²) < 4.78 is 5.58. The Balaban J connectivity index is 1.88. The van der Waals surface area contributed by atoms with Crippen molar-refractivity contribution in [3.05, 3.63) is 35.4 Å². The maximum atomic E-state index is 13.2. The monoisotopic (exact) mass is 344 g/mol. The number of hydrogen-bond acceptors (Lipinski definition) is 3. The third-order valence-electron chi connectivity index (χ3n) is 5.00. The zero-order valence-electron chi connectivity index (χ0n) is 15.6. The number of hydrogen-bond donors (Lipinski definition) is 0. The molecule has 0 saturated carbocycles. The van der Waals surface area contributed by atoms with Gasteiger partial charge in [-0.3, -0.25) is 9.69 Å². The zero-order chi connectivity index (χ0) is 18.2. The van der Waals surface area contributed by atoms with E-state index < -0.39 is 17.7 Å². The number of carbonyl (C=O) groups excluding carboxylic acids is 2. The van der Waals surface area contributed by atoms with E-state index in [0.717, 1.165) is 30.5 Å². The van der Waals surface area contributed by atoms with Crippen LogP contribution in [0.2, 0.25) is 0 Å². The van der Waals surface area contributed by atoms with Crippen LogP contribution in [0.15, 0.2) is 24.3 Å². The molecule has 3 rings (SSSR count). The number of amides is 2. The van der Waals surface area contributed by atoms with Crippen LogP contribution in [0.5, 0.6) is 0 Å². The van der Waals surface area contributed by atoms with Crippen molar-refractivity contribution >= 4 is 12.0 Å². The molecule has 0 unspecified atom stereocenters. The van der Waals surface area contributed by atoms with Crippen LogP contribution >= 0.6 is 0 Å². The lowest BCUT2D eigenvalue weighted by Gasteiger charge is -2.39. The predicted octanol–water partition coefficient (Wildman–Crippen LogP) is 3.36. The van der Waals surface area contributed by atoms with Crippen LogP contribution in [0, 0.1) is 0 Å². The smallest absolute Gasteiger partial charge is 0.411 e. The molecule has 0 bridgehead atoms. The van der Waals surface area contributed by atoms with Gasteiger partial charge in [-0.15, -0.1) is 0 Å². The van der Waals surface area contributed by atoms with Gasteiger partial charge in [0.05, 0.1) is 6.54 Å². The Hall–Kier alpha value is -2.04. The van der Waals surface area contributed by atoms with Gasteiger partial charge in [0.2, 0.25) is 5.91 Å². The Morgan fingerprint density at radius 3 is 2.40 bits per heavy atom. The Labute approximate surface area is 149 Å². The lowest BCUT2D eigenvalue weighted by molar-refractivity contribution is -0.138. The molecule has 136 valence electrons. The van der Waals surface area contributed by atoms with Crippen molar-refractivity contribution in [2.75, 3.05) is 6.54 Å². The predicted molar refractivity (Wildman–Crippen MR) is 96.1 cm³/mol. The SMILES string of the molecule is C[C@H]1CCCN1C(=O)[C@@H]1Cc2ccccc2CN1C(=O)OC(C)(C)C. The van der Waals surface area contributed by atoms with Crippen LogP contribution in [0.3, 0.4) is 0 Å². The standard InChI is InChI=1S/C20H28N2O3/c1-14-8-7-11-21(14)18(23)17-12-15-9-5-6-10-16(15)13-22(17)19(24)25-20(2,3)4/h5-6,9-10,14,17H,7-8,11-13H2,1-4H3/t14-,17-/m0/s1. The van der Waals surface area contributed by atoms with Crippen molar-refractivity contribution in [1.82, 2.24) is 9.80 Å². The largest absolute Gasteiger partial charge is 0.444 e. The molecule has 1 saturated heterocycles. The van der Waals surface area contributed by atoms with Crippen LogP contribution in [0.1, 0.15) is 51.7 Å². The van der Waals surface area contributed by atoms with Gasteiger partial charge < -0.3 is 9.64 Å². The second-order valence-electron chi connectivity index (χ2n) is 8.12. The average molecular weight is 344 g/mol. The normalized spacial score (nSPS) is 23.4. The first kappa shape index (κ1) is 17.8. The molecule has 5 nitrogen and oxygen atoms in total. The van der Waals surface area contributed by atoms with Crippen molar-refractivity contribution in [1.29, 1.82) is 0 Å². The molecule has 25 heavy (non-hydrogen) atoms. The third kappa shape index (κ3) is 3.80. The van der Waals surface area contributed by atoms with Crippen LogP contribution < -0.4 is 0 Å². The Bertz CT molecular complexity index is 665. The summed E-state index contributed by atoms with van der Waals surface area (Å²) in [6, 6.07) is 7.79. The molecule has 0 N–H and O–H groups in total. The molecule has 2 atom stereocenters. The van der Waals surface area contributed by atoms with Crippen LogP contribution in [-0.2, 0) is 22.5 Å². The summed E-state index contributed by atoms with van der Waals surface area (Å²) in [7, 11) is 0. The van der Waals surface area contributed by atoms with E-state index in [1.54, 1.807) is 4.90 Å². The van der Waals surface area contributed by atoms with Gasteiger partial charge in [-0.2, -0.15) is 0 Å². The maximum Gasteiger partial charge on any atom is 0.411 e. The molecule has 0 aromatic heterocycles. The number of rotatable bonds is 1. The van der Waals surface area contributed by atoms with Gasteiger partial charge in [-0.25, -0.2) is 4.79 Å². The molecule has 0 aliphatic carbocycles. The van der Waals surface area contributed by atoms with Gasteiger partial charge in [-0.05, 0) is 51.7 Å². The number of benzene rings is 1. The minimum Gasteiger partial charge on any atom is -0.444 e. The lowest BCUT2D eigenvalue weighted by atomic mass is 9.93. The van der Waals surface area contributed by atoms with E-state index in [2.05, 4.69) is 13.0 Å². The van der Waals surface area contributed by atoms with Gasteiger partial charge in [0.1, 0.15) is 11.6 Å². The molecule has 5 heteroatoms. The summed E-state index contributed by atoms with van der Waals surface area (Å²) in [5.74, 6) is 0.0466. The van der Waals surface area contributed by atoms with E-state index in [1.807, 2.05) is 43.9 Å². The third-order valence-corrected chi connectivity index (χ3v) is 5.00. The van der Waals surface area contributed by atoms with E-state index in [4.69, 9.17) is 4.74 Å². The number of likely N-dealkylation sites (tertiary alicyclic amines) is 1. The second-order valence-corrected chi connectivity index (χ2v) is 8.12. The minimum atomic E-state index is -0.581. The lowest BCUT2D eigenvalue weighted by Crippen LogP contribution is -2.55. The van der Waals surface area contributed by atoms with E-state index in [1.165, 1.54) is 0 Å². The highest BCUT2D eigenvalue weighted by molar-refractivity contribution is 5.87. The van der Waals surface area contributed by atoms with Gasteiger partial charge in [0, 0.05) is 19.0 Å². The van der Waals surface area contributed by atoms with Gasteiger partial charge in [0.15, 0.2) is 0 Å². The first-order valence-electron chi connectivity index (χ1n) is 9.13. The molecular weight excluding hydrogens is 316 g/mol. The number of carbonyl (C=O) groups is 2. The molecule has 1 aromatic rings. The molecular formula is C20H28N2O3. The molecule has 0 spiro atoms. The van der Waals surface area contributed by atoms with Crippen LogP contribution in [0.25, 0.3) is 0 Å². The molecule has 2 aliphatic rings. The Morgan fingerprint density at radius 2 is 1.80 bits per heavy atom. The molecule has 2 amide bonds. The Kier molecular flexibility index (Phi) is 4.76. The van der Waals surface area contributed by atoms with Gasteiger partial charge >= 0.3 is 6.09 Å². The van der Waals surface area contributed by atoms with Crippen molar-refractivity contribution in [3.8, 4) is 0 Å². The molecule has 0 radical (unpaired) electrons. The molecule has 2 heterocycles. The Morgan fingerprint density at radius 1 is 1.12 bits per heavy atom. The highest BCUT2D eigenvalue weighted by Gasteiger charge is 2.40. The maximum absolute atomic E-state index is 13.2. The summed E-state index contributed by atoms with van der Waals surface area (Å²) in [6.45, 7) is 8.83. The van der Waals surface area contributed by atoms with Crippen molar-refractivity contribution in [2.45, 2.75) is 71.2 Å². The fourth-order valence-corrected chi connectivity index (χ4v) is 3.71. The summed E-state index contributed by atoms with van der Waals surface area (Å²) in [6.07, 6.45) is 2.20. The van der Waals surface area contributed by atoms with Crippen molar-refractivity contribution in [3.63, 3.8) is 0 Å². The van der Waals surface area contributed by atoms with Crippen LogP contribution in [-0.4, -0.2) is 46.0 Å². The van der Waals surface area contributed by atoms with E-state index >= 15 is 0 Å². The van der Waals surface area contributed by atoms with E-state index in [0.29, 0.717) is 13.0 Å². The van der Waals surface area contributed by atoms with E-state index in [9.17, 15) is 9.59 Å². The summed E-state index contributed by atoms with van der Waals surface area (Å²) in [4.78, 5) is 29.5. The molecule has 2 aliphatic heterocycles. The van der Waals surface area contributed by atoms with Crippen molar-refractivity contribution in [2.24, 2.45) is 0 Å². The van der Waals surface area contributed by atoms with Gasteiger partial charge in [0.25, 0.3) is 0 Å². The topological polar surface area (TPSA) is 49.9 Å². The highest BCUT2D eigenvalue weighted by Crippen LogP contribution is 2.28. The fourth-order valence-electron chi connectivity index (χ4n) is 3.71. The second kappa shape index (κ2) is 6.70. The number of fused-ring (bicyclic) bond motifs is 1. The molecule has 1 aromatic carbocycles. The fraction of sp³-hybridized carbons (Fsp3) is 0.600. The molecule has 1 fully saturated rings.